The second kappa shape index (κ2) is 5.41. The van der Waals surface area contributed by atoms with E-state index < -0.39 is 0 Å². The number of rotatable bonds is 3. The maximum atomic E-state index is 9.06. The molecule has 0 fully saturated rings. The van der Waals surface area contributed by atoms with E-state index in [0.29, 0.717) is 12.1 Å². The van der Waals surface area contributed by atoms with Gasteiger partial charge >= 0.3 is 0 Å². The van der Waals surface area contributed by atoms with Crippen LogP contribution in [0.4, 0.5) is 5.69 Å². The lowest BCUT2D eigenvalue weighted by Gasteiger charge is -2.08. The van der Waals surface area contributed by atoms with Gasteiger partial charge in [-0.15, -0.1) is 0 Å². The van der Waals surface area contributed by atoms with Crippen molar-refractivity contribution >= 4 is 16.6 Å². The van der Waals surface area contributed by atoms with Gasteiger partial charge in [0.1, 0.15) is 6.07 Å². The number of anilines is 1. The van der Waals surface area contributed by atoms with Gasteiger partial charge in [0, 0.05) is 18.1 Å². The van der Waals surface area contributed by atoms with Crippen molar-refractivity contribution in [3.63, 3.8) is 0 Å². The minimum atomic E-state index is 0.662. The molecule has 3 heteroatoms. The molecule has 3 nitrogen and oxygen atoms in total. The Kier molecular flexibility index (Phi) is 3.30. The average molecular weight is 259 g/mol. The lowest BCUT2D eigenvalue weighted by molar-refractivity contribution is 1.15. The third kappa shape index (κ3) is 2.45. The van der Waals surface area contributed by atoms with Gasteiger partial charge in [0.2, 0.25) is 0 Å². The zero-order valence-corrected chi connectivity index (χ0v) is 10.9. The van der Waals surface area contributed by atoms with Crippen LogP contribution in [0.3, 0.4) is 0 Å². The first-order chi connectivity index (χ1) is 9.86. The number of para-hydroxylation sites is 1. The third-order valence-electron chi connectivity index (χ3n) is 3.20. The summed E-state index contributed by atoms with van der Waals surface area (Å²) in [5.74, 6) is 0. The van der Waals surface area contributed by atoms with E-state index in [0.717, 1.165) is 16.6 Å². The van der Waals surface area contributed by atoms with E-state index in [2.05, 4.69) is 34.6 Å². The minimum absolute atomic E-state index is 0.662. The Labute approximate surface area is 117 Å². The second-order valence-corrected chi connectivity index (χ2v) is 4.54. The van der Waals surface area contributed by atoms with E-state index >= 15 is 0 Å². The fourth-order valence-corrected chi connectivity index (χ4v) is 2.17. The highest BCUT2D eigenvalue weighted by Gasteiger charge is 2.01. The predicted molar refractivity (Wildman–Crippen MR) is 80.2 cm³/mol. The van der Waals surface area contributed by atoms with Crippen molar-refractivity contribution in [2.45, 2.75) is 6.54 Å². The van der Waals surface area contributed by atoms with Gasteiger partial charge in [0.05, 0.1) is 16.8 Å². The molecule has 0 aliphatic heterocycles. The molecular weight excluding hydrogens is 246 g/mol. The second-order valence-electron chi connectivity index (χ2n) is 4.54. The van der Waals surface area contributed by atoms with E-state index in [1.165, 1.54) is 5.56 Å². The molecule has 0 spiro atoms. The standard InChI is InChI=1S/C17H13N3/c18-11-15-4-1-2-6-16(15)20-12-13-7-8-17-14(10-13)5-3-9-19-17/h1-10,20H,12H2. The van der Waals surface area contributed by atoms with Gasteiger partial charge in [-0.1, -0.05) is 24.3 Å². The van der Waals surface area contributed by atoms with Gasteiger partial charge in [-0.3, -0.25) is 4.98 Å². The Hall–Kier alpha value is -2.86. The van der Waals surface area contributed by atoms with Crippen molar-refractivity contribution in [1.82, 2.24) is 4.98 Å². The van der Waals surface area contributed by atoms with Crippen LogP contribution in [0, 0.1) is 11.3 Å². The normalized spacial score (nSPS) is 10.2. The highest BCUT2D eigenvalue weighted by molar-refractivity contribution is 5.79. The van der Waals surface area contributed by atoms with E-state index in [9.17, 15) is 0 Å². The number of nitrogens with zero attached hydrogens (tertiary/aromatic N) is 2. The van der Waals surface area contributed by atoms with Gasteiger partial charge in [-0.05, 0) is 35.9 Å². The van der Waals surface area contributed by atoms with Crippen LogP contribution in [0.25, 0.3) is 10.9 Å². The number of pyridine rings is 1. The summed E-state index contributed by atoms with van der Waals surface area (Å²) >= 11 is 0. The molecule has 3 aromatic rings. The molecule has 0 aliphatic rings. The lowest BCUT2D eigenvalue weighted by Crippen LogP contribution is -2.01. The zero-order valence-electron chi connectivity index (χ0n) is 10.9. The zero-order chi connectivity index (χ0) is 13.8. The highest BCUT2D eigenvalue weighted by Crippen LogP contribution is 2.17. The van der Waals surface area contributed by atoms with Crippen LogP contribution in [0.15, 0.2) is 60.8 Å². The Bertz CT molecular complexity index is 787. The van der Waals surface area contributed by atoms with Crippen molar-refractivity contribution < 1.29 is 0 Å². The summed E-state index contributed by atoms with van der Waals surface area (Å²) in [5, 5.41) is 13.5. The highest BCUT2D eigenvalue weighted by atomic mass is 14.9. The molecule has 20 heavy (non-hydrogen) atoms. The molecule has 1 heterocycles. The molecule has 0 atom stereocenters. The van der Waals surface area contributed by atoms with E-state index in [1.54, 1.807) is 6.20 Å². The van der Waals surface area contributed by atoms with Crippen LogP contribution in [-0.2, 0) is 6.54 Å². The topological polar surface area (TPSA) is 48.7 Å². The van der Waals surface area contributed by atoms with Crippen molar-refractivity contribution in [1.29, 1.82) is 5.26 Å². The van der Waals surface area contributed by atoms with E-state index in [4.69, 9.17) is 5.26 Å². The lowest BCUT2D eigenvalue weighted by atomic mass is 10.1. The molecule has 0 saturated carbocycles. The van der Waals surface area contributed by atoms with Gasteiger partial charge in [-0.25, -0.2) is 0 Å². The molecule has 96 valence electrons. The number of hydrogen-bond donors (Lipinski definition) is 1. The summed E-state index contributed by atoms with van der Waals surface area (Å²) in [5.41, 5.74) is 3.68. The Balaban J connectivity index is 1.82. The Morgan fingerprint density at radius 2 is 1.95 bits per heavy atom. The van der Waals surface area contributed by atoms with Crippen LogP contribution in [-0.4, -0.2) is 4.98 Å². The summed E-state index contributed by atoms with van der Waals surface area (Å²) < 4.78 is 0. The van der Waals surface area contributed by atoms with Crippen LogP contribution in [0.2, 0.25) is 0 Å². The predicted octanol–water partition coefficient (Wildman–Crippen LogP) is 3.72. The van der Waals surface area contributed by atoms with Gasteiger partial charge in [-0.2, -0.15) is 5.26 Å². The maximum Gasteiger partial charge on any atom is 0.101 e. The number of aromatic nitrogens is 1. The SMILES string of the molecule is N#Cc1ccccc1NCc1ccc2ncccc2c1. The molecule has 0 aliphatic carbocycles. The van der Waals surface area contributed by atoms with Crippen molar-refractivity contribution in [2.24, 2.45) is 0 Å². The molecule has 1 N–H and O–H groups in total. The fourth-order valence-electron chi connectivity index (χ4n) is 2.17. The third-order valence-corrected chi connectivity index (χ3v) is 3.20. The first-order valence-corrected chi connectivity index (χ1v) is 6.43. The molecule has 0 amide bonds. The summed E-state index contributed by atoms with van der Waals surface area (Å²) in [4.78, 5) is 4.30. The molecule has 1 aromatic heterocycles. The quantitative estimate of drug-likeness (QED) is 0.779. The molecule has 0 radical (unpaired) electrons. The van der Waals surface area contributed by atoms with Gasteiger partial charge < -0.3 is 5.32 Å². The average Bonchev–Trinajstić information content (AvgIpc) is 2.53. The van der Waals surface area contributed by atoms with Crippen LogP contribution in [0.5, 0.6) is 0 Å². The number of nitriles is 1. The largest absolute Gasteiger partial charge is 0.380 e. The molecule has 2 aromatic carbocycles. The van der Waals surface area contributed by atoms with Gasteiger partial charge in [0.25, 0.3) is 0 Å². The van der Waals surface area contributed by atoms with E-state index in [-0.39, 0.29) is 0 Å². The maximum absolute atomic E-state index is 9.06. The van der Waals surface area contributed by atoms with Crippen molar-refractivity contribution in [3.05, 3.63) is 71.9 Å². The first-order valence-electron chi connectivity index (χ1n) is 6.43. The Morgan fingerprint density at radius 1 is 1.05 bits per heavy atom. The van der Waals surface area contributed by atoms with Crippen molar-refractivity contribution in [2.75, 3.05) is 5.32 Å². The van der Waals surface area contributed by atoms with Crippen LogP contribution >= 0.6 is 0 Å². The van der Waals surface area contributed by atoms with Gasteiger partial charge in [0.15, 0.2) is 0 Å². The molecular formula is C17H13N3. The smallest absolute Gasteiger partial charge is 0.101 e. The Morgan fingerprint density at radius 3 is 2.85 bits per heavy atom. The monoisotopic (exact) mass is 259 g/mol. The number of fused-ring (bicyclic) bond motifs is 1. The summed E-state index contributed by atoms with van der Waals surface area (Å²) in [6.45, 7) is 0.684. The summed E-state index contributed by atoms with van der Waals surface area (Å²) in [7, 11) is 0. The molecule has 3 rings (SSSR count). The molecule has 0 bridgehead atoms. The number of hydrogen-bond acceptors (Lipinski definition) is 3. The van der Waals surface area contributed by atoms with Crippen molar-refractivity contribution in [3.8, 4) is 6.07 Å². The number of nitrogens with one attached hydrogen (secondary N) is 1. The first kappa shape index (κ1) is 12.2. The number of benzene rings is 2. The van der Waals surface area contributed by atoms with Crippen LogP contribution in [0.1, 0.15) is 11.1 Å². The minimum Gasteiger partial charge on any atom is -0.380 e. The summed E-state index contributed by atoms with van der Waals surface area (Å²) in [6, 6.07) is 19.9. The molecule has 0 saturated heterocycles. The molecule has 0 unspecified atom stereocenters. The van der Waals surface area contributed by atoms with E-state index in [1.807, 2.05) is 36.4 Å². The summed E-state index contributed by atoms with van der Waals surface area (Å²) in [6.07, 6.45) is 1.80. The fraction of sp³-hybridized carbons (Fsp3) is 0.0588. The van der Waals surface area contributed by atoms with Crippen LogP contribution < -0.4 is 5.32 Å².